The molecule has 0 spiro atoms. The maximum absolute atomic E-state index is 5.95. The Balaban J connectivity index is 1.71. The largest absolute Gasteiger partial charge is 0.486 e. The molecule has 1 unspecified atom stereocenters. The van der Waals surface area contributed by atoms with Crippen LogP contribution in [-0.2, 0) is 0 Å². The van der Waals surface area contributed by atoms with E-state index in [0.29, 0.717) is 18.2 Å². The van der Waals surface area contributed by atoms with Crippen LogP contribution in [-0.4, -0.2) is 24.7 Å². The molecule has 1 fully saturated rings. The number of ether oxygens (including phenoxy) is 2. The molecule has 4 nitrogen and oxygen atoms in total. The highest BCUT2D eigenvalue weighted by Gasteiger charge is 2.31. The molecule has 1 aromatic carbocycles. The van der Waals surface area contributed by atoms with Gasteiger partial charge in [-0.2, -0.15) is 0 Å². The Morgan fingerprint density at radius 1 is 1.14 bits per heavy atom. The third-order valence-electron chi connectivity index (χ3n) is 4.21. The van der Waals surface area contributed by atoms with Gasteiger partial charge in [0.15, 0.2) is 11.5 Å². The predicted octanol–water partition coefficient (Wildman–Crippen LogP) is 3.85. The highest BCUT2D eigenvalue weighted by Crippen LogP contribution is 2.43. The Hall–Kier alpha value is -1.94. The van der Waals surface area contributed by atoms with E-state index in [4.69, 9.17) is 21.1 Å². The van der Waals surface area contributed by atoms with E-state index in [-0.39, 0.29) is 6.04 Å². The minimum absolute atomic E-state index is 0.269. The highest BCUT2D eigenvalue weighted by molar-refractivity contribution is 6.30. The van der Waals surface area contributed by atoms with Crippen molar-refractivity contribution in [1.29, 1.82) is 0 Å². The second kappa shape index (κ2) is 5.69. The fraction of sp³-hybridized carbons (Fsp3) is 0.353. The summed E-state index contributed by atoms with van der Waals surface area (Å²) in [7, 11) is 0. The van der Waals surface area contributed by atoms with Crippen molar-refractivity contribution in [2.75, 3.05) is 24.7 Å². The lowest BCUT2D eigenvalue weighted by molar-refractivity contribution is 0.169. The second-order valence-corrected chi connectivity index (χ2v) is 5.99. The fourth-order valence-electron chi connectivity index (χ4n) is 3.26. The Labute approximate surface area is 134 Å². The molecule has 2 aliphatic rings. The van der Waals surface area contributed by atoms with Crippen LogP contribution in [0.2, 0.25) is 5.02 Å². The van der Waals surface area contributed by atoms with Crippen molar-refractivity contribution in [3.8, 4) is 11.5 Å². The zero-order chi connectivity index (χ0) is 14.9. The first-order valence-electron chi connectivity index (χ1n) is 7.59. The Bertz CT molecular complexity index is 675. The zero-order valence-corrected chi connectivity index (χ0v) is 12.9. The first kappa shape index (κ1) is 13.7. The molecular formula is C17H17ClN2O2. The van der Waals surface area contributed by atoms with Crippen molar-refractivity contribution < 1.29 is 9.47 Å². The molecule has 2 aromatic rings. The van der Waals surface area contributed by atoms with E-state index in [0.717, 1.165) is 36.7 Å². The van der Waals surface area contributed by atoms with E-state index in [9.17, 15) is 0 Å². The smallest absolute Gasteiger partial charge is 0.166 e. The predicted molar refractivity (Wildman–Crippen MR) is 86.0 cm³/mol. The molecule has 3 heterocycles. The van der Waals surface area contributed by atoms with E-state index in [2.05, 4.69) is 16.0 Å². The van der Waals surface area contributed by atoms with Crippen LogP contribution < -0.4 is 14.4 Å². The van der Waals surface area contributed by atoms with Gasteiger partial charge in [-0.05, 0) is 31.0 Å². The third kappa shape index (κ3) is 2.37. The van der Waals surface area contributed by atoms with Gasteiger partial charge < -0.3 is 14.4 Å². The number of halogens is 1. The first-order valence-corrected chi connectivity index (χ1v) is 7.97. The first-order chi connectivity index (χ1) is 10.8. The topological polar surface area (TPSA) is 34.6 Å². The summed E-state index contributed by atoms with van der Waals surface area (Å²) in [6.07, 6.45) is 3.93. The number of anilines is 1. The zero-order valence-electron chi connectivity index (χ0n) is 12.2. The average molecular weight is 317 g/mol. The van der Waals surface area contributed by atoms with Crippen LogP contribution in [0.3, 0.4) is 0 Å². The summed E-state index contributed by atoms with van der Waals surface area (Å²) in [5.74, 6) is 2.69. The maximum atomic E-state index is 5.95. The SMILES string of the molecule is Clc1ccc(N2CCCC2c2cccc3c2OCCO3)nc1. The van der Waals surface area contributed by atoms with E-state index in [1.165, 1.54) is 5.56 Å². The van der Waals surface area contributed by atoms with Crippen LogP contribution in [0.25, 0.3) is 0 Å². The number of para-hydroxylation sites is 1. The molecule has 0 amide bonds. The van der Waals surface area contributed by atoms with Crippen molar-refractivity contribution in [3.05, 3.63) is 47.1 Å². The number of benzene rings is 1. The summed E-state index contributed by atoms with van der Waals surface area (Å²) in [4.78, 5) is 6.79. The summed E-state index contributed by atoms with van der Waals surface area (Å²) < 4.78 is 11.6. The minimum Gasteiger partial charge on any atom is -0.486 e. The van der Waals surface area contributed by atoms with Gasteiger partial charge in [0.2, 0.25) is 0 Å². The lowest BCUT2D eigenvalue weighted by atomic mass is 10.0. The monoisotopic (exact) mass is 316 g/mol. The van der Waals surface area contributed by atoms with Crippen molar-refractivity contribution >= 4 is 17.4 Å². The van der Waals surface area contributed by atoms with Crippen molar-refractivity contribution in [1.82, 2.24) is 4.98 Å². The lowest BCUT2D eigenvalue weighted by Crippen LogP contribution is -2.25. The summed E-state index contributed by atoms with van der Waals surface area (Å²) in [5, 5.41) is 0.660. The van der Waals surface area contributed by atoms with Crippen LogP contribution in [0.4, 0.5) is 5.82 Å². The molecule has 4 rings (SSSR count). The molecule has 1 aromatic heterocycles. The van der Waals surface area contributed by atoms with Gasteiger partial charge in [-0.1, -0.05) is 23.7 Å². The van der Waals surface area contributed by atoms with Gasteiger partial charge in [-0.3, -0.25) is 0 Å². The third-order valence-corrected chi connectivity index (χ3v) is 4.44. The number of aromatic nitrogens is 1. The molecule has 2 aliphatic heterocycles. The van der Waals surface area contributed by atoms with Crippen LogP contribution in [0.1, 0.15) is 24.4 Å². The molecular weight excluding hydrogens is 300 g/mol. The second-order valence-electron chi connectivity index (χ2n) is 5.56. The van der Waals surface area contributed by atoms with Gasteiger partial charge in [-0.15, -0.1) is 0 Å². The van der Waals surface area contributed by atoms with Gasteiger partial charge in [-0.25, -0.2) is 4.98 Å². The number of fused-ring (bicyclic) bond motifs is 1. The Morgan fingerprint density at radius 3 is 2.91 bits per heavy atom. The number of nitrogens with zero attached hydrogens (tertiary/aromatic N) is 2. The van der Waals surface area contributed by atoms with Gasteiger partial charge in [0.05, 0.1) is 11.1 Å². The molecule has 114 valence electrons. The summed E-state index contributed by atoms with van der Waals surface area (Å²) in [6, 6.07) is 10.3. The molecule has 22 heavy (non-hydrogen) atoms. The lowest BCUT2D eigenvalue weighted by Gasteiger charge is -2.29. The summed E-state index contributed by atoms with van der Waals surface area (Å²) >= 11 is 5.95. The van der Waals surface area contributed by atoms with E-state index in [1.54, 1.807) is 6.20 Å². The Morgan fingerprint density at radius 2 is 2.05 bits per heavy atom. The normalized spacial score (nSPS) is 20.2. The number of pyridine rings is 1. The van der Waals surface area contributed by atoms with Crippen molar-refractivity contribution in [2.45, 2.75) is 18.9 Å². The molecule has 0 aliphatic carbocycles. The molecule has 0 saturated carbocycles. The Kier molecular flexibility index (Phi) is 3.54. The quantitative estimate of drug-likeness (QED) is 0.843. The van der Waals surface area contributed by atoms with Crippen molar-refractivity contribution in [3.63, 3.8) is 0 Å². The molecule has 5 heteroatoms. The van der Waals surface area contributed by atoms with Crippen LogP contribution in [0.15, 0.2) is 36.5 Å². The molecule has 0 radical (unpaired) electrons. The van der Waals surface area contributed by atoms with Gasteiger partial charge in [0.1, 0.15) is 19.0 Å². The number of hydrogen-bond donors (Lipinski definition) is 0. The molecule has 0 N–H and O–H groups in total. The van der Waals surface area contributed by atoms with Crippen molar-refractivity contribution in [2.24, 2.45) is 0 Å². The standard InChI is InChI=1S/C17H17ClN2O2/c18-12-6-7-16(19-11-12)20-8-2-4-14(20)13-3-1-5-15-17(13)22-10-9-21-15/h1,3,5-7,11,14H,2,4,8-10H2. The van der Waals surface area contributed by atoms with Gasteiger partial charge >= 0.3 is 0 Å². The molecule has 1 saturated heterocycles. The van der Waals surface area contributed by atoms with Crippen LogP contribution in [0.5, 0.6) is 11.5 Å². The highest BCUT2D eigenvalue weighted by atomic mass is 35.5. The number of hydrogen-bond acceptors (Lipinski definition) is 4. The van der Waals surface area contributed by atoms with E-state index in [1.807, 2.05) is 24.3 Å². The fourth-order valence-corrected chi connectivity index (χ4v) is 3.37. The molecule has 1 atom stereocenters. The summed E-state index contributed by atoms with van der Waals surface area (Å²) in [6.45, 7) is 2.21. The molecule has 0 bridgehead atoms. The van der Waals surface area contributed by atoms with Gasteiger partial charge in [0, 0.05) is 18.3 Å². The number of rotatable bonds is 2. The summed E-state index contributed by atoms with van der Waals surface area (Å²) in [5.41, 5.74) is 1.19. The van der Waals surface area contributed by atoms with E-state index >= 15 is 0 Å². The van der Waals surface area contributed by atoms with Gasteiger partial charge in [0.25, 0.3) is 0 Å². The average Bonchev–Trinajstić information content (AvgIpc) is 3.04. The van der Waals surface area contributed by atoms with Crippen LogP contribution >= 0.6 is 11.6 Å². The maximum Gasteiger partial charge on any atom is 0.166 e. The van der Waals surface area contributed by atoms with Crippen LogP contribution in [0, 0.1) is 0 Å². The minimum atomic E-state index is 0.269. The van der Waals surface area contributed by atoms with E-state index < -0.39 is 0 Å².